The summed E-state index contributed by atoms with van der Waals surface area (Å²) in [7, 11) is 1.29. The number of alkyl halides is 2. The third-order valence-corrected chi connectivity index (χ3v) is 5.82. The summed E-state index contributed by atoms with van der Waals surface area (Å²) in [6, 6.07) is 7.01. The van der Waals surface area contributed by atoms with E-state index in [2.05, 4.69) is 15.9 Å². The molecule has 0 fully saturated rings. The molecule has 35 heavy (non-hydrogen) atoms. The van der Waals surface area contributed by atoms with Crippen LogP contribution in [0.2, 0.25) is 0 Å². The second-order valence-corrected chi connectivity index (χ2v) is 7.91. The number of anilines is 2. The number of benzene rings is 3. The smallest absolute Gasteiger partial charge is 0.318 e. The molecule has 0 aliphatic carbocycles. The first-order valence-corrected chi connectivity index (χ1v) is 10.5. The Balaban J connectivity index is 1.88. The number of aromatic nitrogens is 2. The molecule has 6 nitrogen and oxygen atoms in total. The molecule has 0 bridgehead atoms. The standard InChI is InChI=1S/C25H18F4N4O2/c1-3-14-17(26)5-4-12-8-13(30)9-15(20(12)14)16-10-18-21-23(22(16)29)31-25(34-2)32-24(21)33(6-7-35-18)11-19(27)28/h1,4-5,8-10,19H,6-7,11,30H2,2H3. The highest BCUT2D eigenvalue weighted by Crippen LogP contribution is 2.44. The molecule has 3 aromatic carbocycles. The van der Waals surface area contributed by atoms with Crippen LogP contribution in [-0.2, 0) is 0 Å². The number of nitrogens with two attached hydrogens (primary N) is 1. The number of nitrogen functional groups attached to an aromatic ring is 1. The zero-order chi connectivity index (χ0) is 24.9. The van der Waals surface area contributed by atoms with Gasteiger partial charge in [0, 0.05) is 16.6 Å². The van der Waals surface area contributed by atoms with Crippen LogP contribution in [0.25, 0.3) is 32.8 Å². The fraction of sp³-hybridized carbons (Fsp3) is 0.200. The molecular formula is C25H18F4N4O2. The van der Waals surface area contributed by atoms with Crippen LogP contribution < -0.4 is 20.1 Å². The van der Waals surface area contributed by atoms with Crippen molar-refractivity contribution >= 4 is 33.2 Å². The second-order valence-electron chi connectivity index (χ2n) is 7.91. The van der Waals surface area contributed by atoms with Crippen LogP contribution in [0, 0.1) is 24.0 Å². The first-order valence-electron chi connectivity index (χ1n) is 10.5. The fourth-order valence-corrected chi connectivity index (χ4v) is 4.37. The molecule has 5 rings (SSSR count). The highest BCUT2D eigenvalue weighted by atomic mass is 19.3. The number of hydrogen-bond acceptors (Lipinski definition) is 6. The third kappa shape index (κ3) is 3.69. The lowest BCUT2D eigenvalue weighted by Crippen LogP contribution is -2.32. The van der Waals surface area contributed by atoms with E-state index in [9.17, 15) is 13.2 Å². The van der Waals surface area contributed by atoms with E-state index in [-0.39, 0.29) is 58.3 Å². The zero-order valence-corrected chi connectivity index (χ0v) is 18.4. The van der Waals surface area contributed by atoms with Gasteiger partial charge < -0.3 is 20.1 Å². The first kappa shape index (κ1) is 22.5. The Hall–Kier alpha value is -4.26. The van der Waals surface area contributed by atoms with E-state index in [0.29, 0.717) is 16.5 Å². The van der Waals surface area contributed by atoms with Gasteiger partial charge in [-0.2, -0.15) is 9.97 Å². The summed E-state index contributed by atoms with van der Waals surface area (Å²) in [5.74, 6) is 1.13. The molecule has 0 saturated heterocycles. The van der Waals surface area contributed by atoms with Gasteiger partial charge in [0.25, 0.3) is 6.43 Å². The summed E-state index contributed by atoms with van der Waals surface area (Å²) in [5, 5.41) is 0.938. The molecule has 1 aromatic heterocycles. The number of rotatable bonds is 4. The number of fused-ring (bicyclic) bond motifs is 1. The quantitative estimate of drug-likeness (QED) is 0.257. The van der Waals surface area contributed by atoms with Crippen LogP contribution in [0.3, 0.4) is 0 Å². The number of ether oxygens (including phenoxy) is 2. The minimum Gasteiger partial charge on any atom is -0.491 e. The van der Waals surface area contributed by atoms with Gasteiger partial charge in [0.2, 0.25) is 0 Å². The number of terminal acetylenes is 1. The minimum atomic E-state index is -2.66. The van der Waals surface area contributed by atoms with Crippen molar-refractivity contribution in [1.29, 1.82) is 0 Å². The highest BCUT2D eigenvalue weighted by molar-refractivity contribution is 6.06. The maximum absolute atomic E-state index is 16.2. The van der Waals surface area contributed by atoms with E-state index in [4.69, 9.17) is 21.6 Å². The third-order valence-electron chi connectivity index (χ3n) is 5.82. The molecule has 0 unspecified atom stereocenters. The van der Waals surface area contributed by atoms with Crippen molar-refractivity contribution in [3.05, 3.63) is 47.5 Å². The van der Waals surface area contributed by atoms with E-state index < -0.39 is 24.6 Å². The number of methoxy groups -OCH3 is 1. The topological polar surface area (TPSA) is 73.5 Å². The molecule has 0 amide bonds. The Labute approximate surface area is 197 Å². The maximum Gasteiger partial charge on any atom is 0.318 e. The Kier molecular flexibility index (Phi) is 5.47. The SMILES string of the molecule is C#Cc1c(F)ccc2cc(N)cc(-c3cc4c5c(nc(OC)nc5c3F)N(CC(F)F)CCO4)c12. The fourth-order valence-electron chi connectivity index (χ4n) is 4.37. The average Bonchev–Trinajstić information content (AvgIpc) is 3.00. The van der Waals surface area contributed by atoms with Crippen LogP contribution in [0.15, 0.2) is 30.3 Å². The van der Waals surface area contributed by atoms with Crippen molar-refractivity contribution in [2.24, 2.45) is 0 Å². The Morgan fingerprint density at radius 2 is 1.97 bits per heavy atom. The molecule has 1 aliphatic heterocycles. The van der Waals surface area contributed by atoms with E-state index in [1.54, 1.807) is 6.07 Å². The predicted octanol–water partition coefficient (Wildman–Crippen LogP) is 4.76. The summed E-state index contributed by atoms with van der Waals surface area (Å²) in [6.45, 7) is -0.515. The summed E-state index contributed by atoms with van der Waals surface area (Å²) >= 11 is 0. The van der Waals surface area contributed by atoms with Crippen LogP contribution in [-0.4, -0.2) is 43.2 Å². The minimum absolute atomic E-state index is 0.000845. The largest absolute Gasteiger partial charge is 0.491 e. The lowest BCUT2D eigenvalue weighted by atomic mass is 9.92. The van der Waals surface area contributed by atoms with Gasteiger partial charge in [-0.25, -0.2) is 17.6 Å². The molecule has 2 heterocycles. The zero-order valence-electron chi connectivity index (χ0n) is 18.4. The van der Waals surface area contributed by atoms with E-state index >= 15 is 4.39 Å². The predicted molar refractivity (Wildman–Crippen MR) is 125 cm³/mol. The van der Waals surface area contributed by atoms with Gasteiger partial charge in [-0.1, -0.05) is 12.0 Å². The summed E-state index contributed by atoms with van der Waals surface area (Å²) in [5.41, 5.74) is 6.37. The first-order chi connectivity index (χ1) is 16.8. The van der Waals surface area contributed by atoms with E-state index in [0.717, 1.165) is 0 Å². The molecule has 4 aromatic rings. The number of nitrogens with zero attached hydrogens (tertiary/aromatic N) is 3. The molecule has 0 spiro atoms. The highest BCUT2D eigenvalue weighted by Gasteiger charge is 2.28. The van der Waals surface area contributed by atoms with Crippen molar-refractivity contribution in [2.45, 2.75) is 6.43 Å². The second kappa shape index (κ2) is 8.51. The molecule has 2 N–H and O–H groups in total. The van der Waals surface area contributed by atoms with Gasteiger partial charge in [-0.15, -0.1) is 6.42 Å². The lowest BCUT2D eigenvalue weighted by Gasteiger charge is -2.22. The van der Waals surface area contributed by atoms with Crippen LogP contribution in [0.4, 0.5) is 29.1 Å². The molecule has 178 valence electrons. The average molecular weight is 482 g/mol. The van der Waals surface area contributed by atoms with Crippen molar-refractivity contribution in [1.82, 2.24) is 9.97 Å². The number of halogens is 4. The van der Waals surface area contributed by atoms with Crippen LogP contribution >= 0.6 is 0 Å². The van der Waals surface area contributed by atoms with Crippen molar-refractivity contribution in [3.8, 4) is 35.2 Å². The number of hydrogen-bond donors (Lipinski definition) is 1. The van der Waals surface area contributed by atoms with Crippen molar-refractivity contribution in [2.75, 3.05) is 37.4 Å². The summed E-state index contributed by atoms with van der Waals surface area (Å²) in [6.07, 6.45) is 2.93. The molecule has 1 aliphatic rings. The van der Waals surface area contributed by atoms with Gasteiger partial charge >= 0.3 is 6.01 Å². The molecule has 10 heteroatoms. The van der Waals surface area contributed by atoms with E-state index in [1.807, 2.05) is 0 Å². The molecular weight excluding hydrogens is 464 g/mol. The van der Waals surface area contributed by atoms with E-state index in [1.165, 1.54) is 36.3 Å². The molecule has 0 radical (unpaired) electrons. The maximum atomic E-state index is 16.2. The molecule has 0 saturated carbocycles. The summed E-state index contributed by atoms with van der Waals surface area (Å²) < 4.78 is 68.2. The summed E-state index contributed by atoms with van der Waals surface area (Å²) in [4.78, 5) is 9.66. The van der Waals surface area contributed by atoms with Gasteiger partial charge in [0.15, 0.2) is 5.82 Å². The normalized spacial score (nSPS) is 13.1. The van der Waals surface area contributed by atoms with Gasteiger partial charge in [-0.05, 0) is 35.2 Å². The lowest BCUT2D eigenvalue weighted by molar-refractivity contribution is 0.153. The Morgan fingerprint density at radius 1 is 1.17 bits per heavy atom. The van der Waals surface area contributed by atoms with Gasteiger partial charge in [0.1, 0.15) is 29.5 Å². The monoisotopic (exact) mass is 482 g/mol. The Morgan fingerprint density at radius 3 is 2.69 bits per heavy atom. The van der Waals surface area contributed by atoms with Crippen LogP contribution in [0.1, 0.15) is 5.56 Å². The van der Waals surface area contributed by atoms with Gasteiger partial charge in [-0.3, -0.25) is 0 Å². The van der Waals surface area contributed by atoms with Crippen molar-refractivity contribution < 1.29 is 27.0 Å². The van der Waals surface area contributed by atoms with Crippen molar-refractivity contribution in [3.63, 3.8) is 0 Å². The molecule has 0 atom stereocenters. The van der Waals surface area contributed by atoms with Gasteiger partial charge in [0.05, 0.1) is 31.1 Å². The van der Waals surface area contributed by atoms with Crippen LogP contribution in [0.5, 0.6) is 11.8 Å². The Bertz CT molecular complexity index is 1530.